The highest BCUT2D eigenvalue weighted by molar-refractivity contribution is 6.02. The molecular weight excluding hydrogens is 198 g/mol. The molecule has 0 aromatic carbocycles. The lowest BCUT2D eigenvalue weighted by molar-refractivity contribution is -0.135. The molecule has 15 heavy (non-hydrogen) atoms. The van der Waals surface area contributed by atoms with Gasteiger partial charge in [-0.05, 0) is 12.8 Å². The van der Waals surface area contributed by atoms with Crippen molar-refractivity contribution in [3.8, 4) is 0 Å². The number of carbonyl (C=O) groups excluding carboxylic acids is 3. The van der Waals surface area contributed by atoms with Crippen LogP contribution in [0.5, 0.6) is 0 Å². The monoisotopic (exact) mass is 211 g/mol. The number of likely N-dealkylation sites (tertiary alicyclic amines) is 1. The molecule has 2 saturated heterocycles. The van der Waals surface area contributed by atoms with Gasteiger partial charge in [0.05, 0.1) is 0 Å². The molecule has 0 radical (unpaired) electrons. The van der Waals surface area contributed by atoms with Crippen molar-refractivity contribution >= 4 is 17.8 Å². The molecule has 0 atom stereocenters. The number of piperazine rings is 1. The first kappa shape index (κ1) is 9.95. The smallest absolute Gasteiger partial charge is 0.320 e. The summed E-state index contributed by atoms with van der Waals surface area (Å²) in [5.74, 6) is -0.808. The molecule has 0 unspecified atom stereocenters. The van der Waals surface area contributed by atoms with Crippen LogP contribution in [0, 0.1) is 0 Å². The maximum absolute atomic E-state index is 11.8. The summed E-state index contributed by atoms with van der Waals surface area (Å²) in [4.78, 5) is 36.9. The maximum atomic E-state index is 11.8. The van der Waals surface area contributed by atoms with Gasteiger partial charge in [-0.25, -0.2) is 4.79 Å². The second-order valence-corrected chi connectivity index (χ2v) is 3.80. The van der Waals surface area contributed by atoms with E-state index in [1.54, 1.807) is 4.90 Å². The van der Waals surface area contributed by atoms with E-state index in [2.05, 4.69) is 5.32 Å². The number of nitrogens with one attached hydrogen (secondary N) is 1. The minimum Gasteiger partial charge on any atom is -0.325 e. The fourth-order valence-electron chi connectivity index (χ4n) is 1.88. The Hall–Kier alpha value is -1.59. The van der Waals surface area contributed by atoms with E-state index in [9.17, 15) is 14.4 Å². The number of rotatable bonds is 0. The van der Waals surface area contributed by atoms with Crippen LogP contribution in [0.4, 0.5) is 4.79 Å². The molecule has 6 nitrogen and oxygen atoms in total. The van der Waals surface area contributed by atoms with E-state index in [1.807, 2.05) is 0 Å². The third kappa shape index (κ3) is 2.08. The Morgan fingerprint density at radius 2 is 1.53 bits per heavy atom. The van der Waals surface area contributed by atoms with E-state index in [0.717, 1.165) is 25.9 Å². The van der Waals surface area contributed by atoms with Crippen molar-refractivity contribution in [2.45, 2.75) is 12.8 Å². The van der Waals surface area contributed by atoms with Crippen molar-refractivity contribution in [2.24, 2.45) is 0 Å². The first-order valence-electron chi connectivity index (χ1n) is 5.03. The number of hydrogen-bond acceptors (Lipinski definition) is 3. The van der Waals surface area contributed by atoms with Gasteiger partial charge in [0.25, 0.3) is 0 Å². The molecule has 0 bridgehead atoms. The van der Waals surface area contributed by atoms with Crippen molar-refractivity contribution in [3.63, 3.8) is 0 Å². The largest absolute Gasteiger partial charge is 0.325 e. The lowest BCUT2D eigenvalue weighted by Crippen LogP contribution is -2.56. The minimum atomic E-state index is -0.404. The third-order valence-electron chi connectivity index (χ3n) is 2.59. The zero-order chi connectivity index (χ0) is 10.8. The fourth-order valence-corrected chi connectivity index (χ4v) is 1.88. The quantitative estimate of drug-likeness (QED) is 0.531. The van der Waals surface area contributed by atoms with Crippen LogP contribution in [0.15, 0.2) is 0 Å². The Morgan fingerprint density at radius 1 is 1.00 bits per heavy atom. The number of carbonyl (C=O) groups is 3. The van der Waals surface area contributed by atoms with Gasteiger partial charge in [-0.3, -0.25) is 14.9 Å². The van der Waals surface area contributed by atoms with E-state index < -0.39 is 11.8 Å². The molecule has 0 aromatic rings. The van der Waals surface area contributed by atoms with Gasteiger partial charge in [-0.2, -0.15) is 0 Å². The first-order chi connectivity index (χ1) is 7.16. The average molecular weight is 211 g/mol. The molecule has 1 N–H and O–H groups in total. The molecule has 82 valence electrons. The third-order valence-corrected chi connectivity index (χ3v) is 2.59. The van der Waals surface area contributed by atoms with Crippen molar-refractivity contribution in [1.82, 2.24) is 15.1 Å². The van der Waals surface area contributed by atoms with Gasteiger partial charge < -0.3 is 9.80 Å². The van der Waals surface area contributed by atoms with Crippen molar-refractivity contribution in [3.05, 3.63) is 0 Å². The van der Waals surface area contributed by atoms with Crippen LogP contribution in [0.2, 0.25) is 0 Å². The van der Waals surface area contributed by atoms with Crippen LogP contribution in [0.25, 0.3) is 0 Å². The molecule has 4 amide bonds. The van der Waals surface area contributed by atoms with E-state index in [4.69, 9.17) is 0 Å². The van der Waals surface area contributed by atoms with Crippen LogP contribution in [0.1, 0.15) is 12.8 Å². The molecule has 0 spiro atoms. The topological polar surface area (TPSA) is 69.7 Å². The molecular formula is C9H13N3O3. The van der Waals surface area contributed by atoms with Gasteiger partial charge in [0.2, 0.25) is 11.8 Å². The number of amides is 4. The highest BCUT2D eigenvalue weighted by atomic mass is 16.2. The van der Waals surface area contributed by atoms with Crippen LogP contribution in [0.3, 0.4) is 0 Å². The standard InChI is InChI=1S/C9H13N3O3/c13-7-5-12(6-8(14)10-7)9(15)11-3-1-2-4-11/h1-6H2,(H,10,13,14). The first-order valence-corrected chi connectivity index (χ1v) is 5.03. The summed E-state index contributed by atoms with van der Waals surface area (Å²) in [6, 6.07) is -0.198. The van der Waals surface area contributed by atoms with E-state index >= 15 is 0 Å². The van der Waals surface area contributed by atoms with E-state index in [1.165, 1.54) is 4.90 Å². The van der Waals surface area contributed by atoms with Crippen molar-refractivity contribution < 1.29 is 14.4 Å². The van der Waals surface area contributed by atoms with Crippen LogP contribution in [-0.2, 0) is 9.59 Å². The van der Waals surface area contributed by atoms with Gasteiger partial charge in [0.1, 0.15) is 13.1 Å². The zero-order valence-electron chi connectivity index (χ0n) is 8.36. The SMILES string of the molecule is O=C1CN(C(=O)N2CCCC2)CC(=O)N1. The Balaban J connectivity index is 1.99. The summed E-state index contributed by atoms with van der Waals surface area (Å²) >= 11 is 0. The van der Waals surface area contributed by atoms with Crippen LogP contribution < -0.4 is 5.32 Å². The predicted molar refractivity (Wildman–Crippen MR) is 50.9 cm³/mol. The summed E-state index contributed by atoms with van der Waals surface area (Å²) in [5, 5.41) is 2.16. The van der Waals surface area contributed by atoms with Gasteiger partial charge in [-0.1, -0.05) is 0 Å². The van der Waals surface area contributed by atoms with E-state index in [0.29, 0.717) is 0 Å². The van der Waals surface area contributed by atoms with Gasteiger partial charge in [-0.15, -0.1) is 0 Å². The summed E-state index contributed by atoms with van der Waals surface area (Å²) < 4.78 is 0. The maximum Gasteiger partial charge on any atom is 0.320 e. The number of imide groups is 1. The zero-order valence-corrected chi connectivity index (χ0v) is 8.36. The average Bonchev–Trinajstić information content (AvgIpc) is 2.67. The Morgan fingerprint density at radius 3 is 2.07 bits per heavy atom. The normalized spacial score (nSPS) is 21.9. The number of urea groups is 1. The molecule has 6 heteroatoms. The highest BCUT2D eigenvalue weighted by Crippen LogP contribution is 2.11. The minimum absolute atomic E-state index is 0.0128. The lowest BCUT2D eigenvalue weighted by Gasteiger charge is -2.29. The fraction of sp³-hybridized carbons (Fsp3) is 0.667. The molecule has 0 saturated carbocycles. The Kier molecular flexibility index (Phi) is 2.57. The molecule has 2 fully saturated rings. The number of hydrogen-bond donors (Lipinski definition) is 1. The van der Waals surface area contributed by atoms with E-state index in [-0.39, 0.29) is 19.1 Å². The van der Waals surface area contributed by atoms with Crippen LogP contribution in [-0.4, -0.2) is 53.8 Å². The number of nitrogens with zero attached hydrogens (tertiary/aromatic N) is 2. The van der Waals surface area contributed by atoms with Gasteiger partial charge >= 0.3 is 6.03 Å². The lowest BCUT2D eigenvalue weighted by atomic mass is 10.3. The molecule has 2 rings (SSSR count). The summed E-state index contributed by atoms with van der Waals surface area (Å²) in [5.41, 5.74) is 0. The molecule has 2 aliphatic heterocycles. The Labute approximate surface area is 87.2 Å². The van der Waals surface area contributed by atoms with Gasteiger partial charge in [0, 0.05) is 13.1 Å². The van der Waals surface area contributed by atoms with Crippen molar-refractivity contribution in [2.75, 3.05) is 26.2 Å². The summed E-state index contributed by atoms with van der Waals surface area (Å²) in [6.45, 7) is 1.43. The summed E-state index contributed by atoms with van der Waals surface area (Å²) in [6.07, 6.45) is 2.00. The molecule has 2 aliphatic rings. The molecule has 0 aliphatic carbocycles. The second kappa shape index (κ2) is 3.88. The van der Waals surface area contributed by atoms with Gasteiger partial charge in [0.15, 0.2) is 0 Å². The molecule has 2 heterocycles. The highest BCUT2D eigenvalue weighted by Gasteiger charge is 2.30. The Bertz CT molecular complexity index is 294. The van der Waals surface area contributed by atoms with Crippen molar-refractivity contribution in [1.29, 1.82) is 0 Å². The van der Waals surface area contributed by atoms with Crippen LogP contribution >= 0.6 is 0 Å². The summed E-state index contributed by atoms with van der Waals surface area (Å²) in [7, 11) is 0. The molecule has 0 aromatic heterocycles. The second-order valence-electron chi connectivity index (χ2n) is 3.80. The predicted octanol–water partition coefficient (Wildman–Crippen LogP) is -0.839.